The Labute approximate surface area is 86.1 Å². The van der Waals surface area contributed by atoms with Gasteiger partial charge in [0.25, 0.3) is 0 Å². The average Bonchev–Trinajstić information content (AvgIpc) is 2.14. The highest BCUT2D eigenvalue weighted by molar-refractivity contribution is 5.76. The molecule has 1 atom stereocenters. The second-order valence-corrected chi connectivity index (χ2v) is 3.93. The van der Waals surface area contributed by atoms with Crippen molar-refractivity contribution in [1.82, 2.24) is 0 Å². The number of aryl methyl sites for hydroxylation is 1. The van der Waals surface area contributed by atoms with Gasteiger partial charge < -0.3 is 4.79 Å². The Kier molecular flexibility index (Phi) is 3.87. The predicted octanol–water partition coefficient (Wildman–Crippen LogP) is 3.47. The first-order valence-corrected chi connectivity index (χ1v) is 5.19. The molecule has 0 aromatic heterocycles. The largest absolute Gasteiger partial charge is 0.300 e. The third-order valence-corrected chi connectivity index (χ3v) is 2.54. The van der Waals surface area contributed by atoms with Crippen LogP contribution in [0, 0.1) is 6.92 Å². The molecular formula is C13H18O. The van der Waals surface area contributed by atoms with E-state index in [1.807, 2.05) is 0 Å². The molecule has 1 nitrogen and oxygen atoms in total. The second kappa shape index (κ2) is 4.94. The van der Waals surface area contributed by atoms with Crippen LogP contribution in [-0.4, -0.2) is 5.78 Å². The van der Waals surface area contributed by atoms with Crippen LogP contribution in [0.15, 0.2) is 24.3 Å². The summed E-state index contributed by atoms with van der Waals surface area (Å²) in [6.07, 6.45) is 1.70. The summed E-state index contributed by atoms with van der Waals surface area (Å²) in [5.41, 5.74) is 2.56. The standard InChI is InChI=1S/C13H18O/c1-4-12(9-11(3)14)13-7-5-6-10(2)8-13/h5-8,12H,4,9H2,1-3H3/t12-/m0/s1. The summed E-state index contributed by atoms with van der Waals surface area (Å²) in [5, 5.41) is 0. The van der Waals surface area contributed by atoms with E-state index in [1.54, 1.807) is 6.92 Å². The van der Waals surface area contributed by atoms with Crippen LogP contribution in [0.25, 0.3) is 0 Å². The van der Waals surface area contributed by atoms with E-state index in [0.717, 1.165) is 6.42 Å². The smallest absolute Gasteiger partial charge is 0.130 e. The second-order valence-electron chi connectivity index (χ2n) is 3.93. The molecule has 0 bridgehead atoms. The van der Waals surface area contributed by atoms with Crippen molar-refractivity contribution in [2.45, 2.75) is 39.5 Å². The van der Waals surface area contributed by atoms with E-state index < -0.39 is 0 Å². The molecule has 1 aromatic carbocycles. The van der Waals surface area contributed by atoms with Crippen LogP contribution in [0.1, 0.15) is 43.7 Å². The number of Topliss-reactive ketones (excluding diaryl/α,β-unsaturated/α-hetero) is 1. The average molecular weight is 190 g/mol. The summed E-state index contributed by atoms with van der Waals surface area (Å²) >= 11 is 0. The lowest BCUT2D eigenvalue weighted by atomic mass is 9.91. The van der Waals surface area contributed by atoms with Gasteiger partial charge in [0.15, 0.2) is 0 Å². The number of hydrogen-bond acceptors (Lipinski definition) is 1. The van der Waals surface area contributed by atoms with Gasteiger partial charge in [0.05, 0.1) is 0 Å². The number of hydrogen-bond donors (Lipinski definition) is 0. The van der Waals surface area contributed by atoms with Gasteiger partial charge in [0, 0.05) is 6.42 Å². The lowest BCUT2D eigenvalue weighted by Gasteiger charge is -2.13. The Hall–Kier alpha value is -1.11. The van der Waals surface area contributed by atoms with Crippen LogP contribution in [-0.2, 0) is 4.79 Å². The lowest BCUT2D eigenvalue weighted by Crippen LogP contribution is -2.03. The van der Waals surface area contributed by atoms with Crippen molar-refractivity contribution in [3.8, 4) is 0 Å². The molecule has 0 radical (unpaired) electrons. The van der Waals surface area contributed by atoms with Crippen molar-refractivity contribution in [3.05, 3.63) is 35.4 Å². The minimum absolute atomic E-state index is 0.276. The molecule has 0 heterocycles. The van der Waals surface area contributed by atoms with E-state index >= 15 is 0 Å². The van der Waals surface area contributed by atoms with Crippen LogP contribution >= 0.6 is 0 Å². The number of ketones is 1. The number of benzene rings is 1. The highest BCUT2D eigenvalue weighted by atomic mass is 16.1. The van der Waals surface area contributed by atoms with Gasteiger partial charge in [-0.3, -0.25) is 0 Å². The van der Waals surface area contributed by atoms with Crippen LogP contribution in [0.5, 0.6) is 0 Å². The molecule has 1 heteroatoms. The maximum atomic E-state index is 11.1. The predicted molar refractivity (Wildman–Crippen MR) is 59.5 cm³/mol. The minimum Gasteiger partial charge on any atom is -0.300 e. The quantitative estimate of drug-likeness (QED) is 0.710. The molecule has 0 saturated carbocycles. The molecule has 1 rings (SSSR count). The number of carbonyl (C=O) groups excluding carboxylic acids is 1. The van der Waals surface area contributed by atoms with E-state index in [1.165, 1.54) is 11.1 Å². The molecule has 0 aliphatic rings. The summed E-state index contributed by atoms with van der Waals surface area (Å²) in [6.45, 7) is 5.89. The first kappa shape index (κ1) is 11.0. The van der Waals surface area contributed by atoms with E-state index in [9.17, 15) is 4.79 Å². The molecule has 0 fully saturated rings. The van der Waals surface area contributed by atoms with Gasteiger partial charge in [-0.1, -0.05) is 36.8 Å². The highest BCUT2D eigenvalue weighted by Crippen LogP contribution is 2.23. The third kappa shape index (κ3) is 2.99. The van der Waals surface area contributed by atoms with Crippen molar-refractivity contribution in [2.75, 3.05) is 0 Å². The summed E-state index contributed by atoms with van der Waals surface area (Å²) < 4.78 is 0. The van der Waals surface area contributed by atoms with E-state index in [2.05, 4.69) is 38.1 Å². The summed E-state index contributed by atoms with van der Waals surface area (Å²) in [6, 6.07) is 8.44. The number of carbonyl (C=O) groups is 1. The Morgan fingerprint density at radius 1 is 1.43 bits per heavy atom. The molecule has 14 heavy (non-hydrogen) atoms. The SMILES string of the molecule is CC[C@@H](CC(C)=O)c1cccc(C)c1. The van der Waals surface area contributed by atoms with Crippen LogP contribution in [0.2, 0.25) is 0 Å². The zero-order chi connectivity index (χ0) is 10.6. The van der Waals surface area contributed by atoms with Crippen molar-refractivity contribution in [3.63, 3.8) is 0 Å². The zero-order valence-electron chi connectivity index (χ0n) is 9.21. The van der Waals surface area contributed by atoms with Crippen molar-refractivity contribution in [2.24, 2.45) is 0 Å². The van der Waals surface area contributed by atoms with Gasteiger partial charge >= 0.3 is 0 Å². The fourth-order valence-electron chi connectivity index (χ4n) is 1.77. The van der Waals surface area contributed by atoms with Gasteiger partial charge in [-0.05, 0) is 31.7 Å². The fraction of sp³-hybridized carbons (Fsp3) is 0.462. The maximum absolute atomic E-state index is 11.1. The maximum Gasteiger partial charge on any atom is 0.130 e. The molecule has 0 spiro atoms. The van der Waals surface area contributed by atoms with E-state index in [4.69, 9.17) is 0 Å². The monoisotopic (exact) mass is 190 g/mol. The van der Waals surface area contributed by atoms with Crippen molar-refractivity contribution >= 4 is 5.78 Å². The zero-order valence-corrected chi connectivity index (χ0v) is 9.21. The van der Waals surface area contributed by atoms with Crippen LogP contribution in [0.3, 0.4) is 0 Å². The summed E-state index contributed by atoms with van der Waals surface area (Å²) in [7, 11) is 0. The molecule has 0 aliphatic heterocycles. The molecule has 0 amide bonds. The molecular weight excluding hydrogens is 172 g/mol. The van der Waals surface area contributed by atoms with Gasteiger partial charge in [-0.2, -0.15) is 0 Å². The van der Waals surface area contributed by atoms with E-state index in [0.29, 0.717) is 12.3 Å². The molecule has 76 valence electrons. The van der Waals surface area contributed by atoms with Gasteiger partial charge in [-0.25, -0.2) is 0 Å². The van der Waals surface area contributed by atoms with E-state index in [-0.39, 0.29) is 5.78 Å². The molecule has 0 unspecified atom stereocenters. The normalized spacial score (nSPS) is 12.5. The number of rotatable bonds is 4. The summed E-state index contributed by atoms with van der Waals surface area (Å²) in [5.74, 6) is 0.672. The van der Waals surface area contributed by atoms with Gasteiger partial charge in [-0.15, -0.1) is 0 Å². The van der Waals surface area contributed by atoms with Gasteiger partial charge in [0.1, 0.15) is 5.78 Å². The molecule has 0 saturated heterocycles. The van der Waals surface area contributed by atoms with Gasteiger partial charge in [0.2, 0.25) is 0 Å². The Balaban J connectivity index is 2.83. The van der Waals surface area contributed by atoms with Crippen molar-refractivity contribution in [1.29, 1.82) is 0 Å². The van der Waals surface area contributed by atoms with Crippen LogP contribution in [0.4, 0.5) is 0 Å². The fourth-order valence-corrected chi connectivity index (χ4v) is 1.77. The minimum atomic E-state index is 0.276. The topological polar surface area (TPSA) is 17.1 Å². The molecule has 1 aromatic rings. The highest BCUT2D eigenvalue weighted by Gasteiger charge is 2.11. The Bertz CT molecular complexity index is 315. The van der Waals surface area contributed by atoms with Crippen molar-refractivity contribution < 1.29 is 4.79 Å². The first-order chi connectivity index (χ1) is 6.63. The molecule has 0 N–H and O–H groups in total. The third-order valence-electron chi connectivity index (χ3n) is 2.54. The first-order valence-electron chi connectivity index (χ1n) is 5.19. The lowest BCUT2D eigenvalue weighted by molar-refractivity contribution is -0.117. The Morgan fingerprint density at radius 3 is 2.64 bits per heavy atom. The Morgan fingerprint density at radius 2 is 2.14 bits per heavy atom. The summed E-state index contributed by atoms with van der Waals surface area (Å²) in [4.78, 5) is 11.1. The van der Waals surface area contributed by atoms with Crippen LogP contribution < -0.4 is 0 Å². The molecule has 0 aliphatic carbocycles.